The monoisotopic (exact) mass is 530 g/mol. The first kappa shape index (κ1) is 23.9. The molecule has 2 saturated carbocycles. The summed E-state index contributed by atoms with van der Waals surface area (Å²) in [7, 11) is 0. The first-order valence-electron chi connectivity index (χ1n) is 12.2. The largest absolute Gasteiger partial charge is 0.438 e. The predicted molar refractivity (Wildman–Crippen MR) is 141 cm³/mol. The van der Waals surface area contributed by atoms with Crippen molar-refractivity contribution in [2.45, 2.75) is 25.7 Å². The molecular weight excluding hydrogens is 508 g/mol. The Labute approximate surface area is 222 Å². The Morgan fingerprint density at radius 3 is 2.42 bits per heavy atom. The topological polar surface area (TPSA) is 127 Å². The van der Waals surface area contributed by atoms with Gasteiger partial charge in [0, 0.05) is 23.7 Å². The Bertz CT molecular complexity index is 1560. The molecule has 192 valence electrons. The zero-order chi connectivity index (χ0) is 26.3. The van der Waals surface area contributed by atoms with Gasteiger partial charge in [-0.1, -0.05) is 29.8 Å². The summed E-state index contributed by atoms with van der Waals surface area (Å²) in [4.78, 5) is 42.1. The quantitative estimate of drug-likeness (QED) is 0.279. The van der Waals surface area contributed by atoms with Gasteiger partial charge in [-0.15, -0.1) is 5.10 Å². The Morgan fingerprint density at radius 1 is 0.947 bits per heavy atom. The fraction of sp³-hybridized carbons (Fsp3) is 0.222. The van der Waals surface area contributed by atoms with Gasteiger partial charge in [0.15, 0.2) is 11.5 Å². The standard InChI is InChI=1S/C27H23ClN6O4/c28-19-14-18(38-23-11-10-22-31-21(15-34(22)33-23)32-24(35)16-6-7-16)8-9-20(19)30-26(37)27(12-13-27)25(36)29-17-4-2-1-3-5-17/h1-5,8-11,14-16H,6-7,12-13H2,(H,29,36)(H,30,37)(H,32,35). The Balaban J connectivity index is 1.11. The van der Waals surface area contributed by atoms with Crippen molar-refractivity contribution >= 4 is 52.2 Å². The molecule has 0 bridgehead atoms. The highest BCUT2D eigenvalue weighted by molar-refractivity contribution is 6.34. The molecule has 4 aromatic rings. The lowest BCUT2D eigenvalue weighted by Gasteiger charge is -2.16. The number of aromatic nitrogens is 3. The van der Waals surface area contributed by atoms with Crippen molar-refractivity contribution < 1.29 is 19.1 Å². The molecule has 2 aliphatic carbocycles. The first-order valence-corrected chi connectivity index (χ1v) is 12.6. The second kappa shape index (κ2) is 9.46. The minimum atomic E-state index is -1.12. The van der Waals surface area contributed by atoms with E-state index in [-0.39, 0.29) is 28.6 Å². The second-order valence-electron chi connectivity index (χ2n) is 9.46. The molecule has 11 heteroatoms. The van der Waals surface area contributed by atoms with E-state index in [9.17, 15) is 14.4 Å². The van der Waals surface area contributed by atoms with Crippen molar-refractivity contribution in [1.82, 2.24) is 14.6 Å². The number of para-hydroxylation sites is 1. The number of fused-ring (bicyclic) bond motifs is 1. The lowest BCUT2D eigenvalue weighted by atomic mass is 10.0. The number of halogens is 1. The van der Waals surface area contributed by atoms with Crippen LogP contribution < -0.4 is 20.7 Å². The average Bonchev–Trinajstić information content (AvgIpc) is 3.83. The van der Waals surface area contributed by atoms with E-state index in [1.165, 1.54) is 4.52 Å². The van der Waals surface area contributed by atoms with E-state index >= 15 is 0 Å². The number of hydrogen-bond donors (Lipinski definition) is 3. The third-order valence-corrected chi connectivity index (χ3v) is 6.87. The Kier molecular flexibility index (Phi) is 5.96. The zero-order valence-corrected chi connectivity index (χ0v) is 20.9. The van der Waals surface area contributed by atoms with E-state index in [1.807, 2.05) is 18.2 Å². The van der Waals surface area contributed by atoms with Gasteiger partial charge in [0.25, 0.3) is 0 Å². The molecule has 2 aliphatic rings. The Morgan fingerprint density at radius 2 is 1.71 bits per heavy atom. The fourth-order valence-electron chi connectivity index (χ4n) is 4.03. The summed E-state index contributed by atoms with van der Waals surface area (Å²) in [5.74, 6) is 0.427. The molecule has 0 unspecified atom stereocenters. The van der Waals surface area contributed by atoms with Crippen molar-refractivity contribution in [3.63, 3.8) is 0 Å². The van der Waals surface area contributed by atoms with Gasteiger partial charge in [-0.05, 0) is 56.0 Å². The summed E-state index contributed by atoms with van der Waals surface area (Å²) in [6.07, 6.45) is 4.36. The lowest BCUT2D eigenvalue weighted by molar-refractivity contribution is -0.131. The van der Waals surface area contributed by atoms with Crippen molar-refractivity contribution in [3.05, 3.63) is 71.9 Å². The normalized spacial score (nSPS) is 15.5. The number of imidazole rings is 1. The molecule has 6 rings (SSSR count). The minimum Gasteiger partial charge on any atom is -0.438 e. The van der Waals surface area contributed by atoms with Crippen LogP contribution in [0, 0.1) is 11.3 Å². The average molecular weight is 531 g/mol. The van der Waals surface area contributed by atoms with Crippen LogP contribution in [-0.4, -0.2) is 32.3 Å². The summed E-state index contributed by atoms with van der Waals surface area (Å²) in [6.45, 7) is 0. The predicted octanol–water partition coefficient (Wildman–Crippen LogP) is 4.88. The van der Waals surface area contributed by atoms with Crippen LogP contribution in [0.25, 0.3) is 5.65 Å². The maximum absolute atomic E-state index is 13.0. The second-order valence-corrected chi connectivity index (χ2v) is 9.87. The maximum atomic E-state index is 13.0. The molecule has 2 fully saturated rings. The molecule has 3 N–H and O–H groups in total. The maximum Gasteiger partial charge on any atom is 0.240 e. The van der Waals surface area contributed by atoms with Crippen LogP contribution in [0.2, 0.25) is 5.02 Å². The molecule has 0 saturated heterocycles. The number of amides is 3. The van der Waals surface area contributed by atoms with Crippen molar-refractivity contribution in [2.75, 3.05) is 16.0 Å². The number of anilines is 3. The molecule has 0 radical (unpaired) electrons. The molecule has 0 spiro atoms. The third-order valence-electron chi connectivity index (χ3n) is 6.56. The Hall–Kier alpha value is -4.44. The van der Waals surface area contributed by atoms with Gasteiger partial charge in [-0.3, -0.25) is 14.4 Å². The summed E-state index contributed by atoms with van der Waals surface area (Å²) < 4.78 is 7.36. The number of ether oxygens (including phenoxy) is 1. The van der Waals surface area contributed by atoms with E-state index in [4.69, 9.17) is 16.3 Å². The molecule has 10 nitrogen and oxygen atoms in total. The summed E-state index contributed by atoms with van der Waals surface area (Å²) in [5.41, 5.74) is 0.453. The highest BCUT2D eigenvalue weighted by Gasteiger charge is 2.56. The van der Waals surface area contributed by atoms with Gasteiger partial charge < -0.3 is 20.7 Å². The number of carbonyl (C=O) groups is 3. The fourth-order valence-corrected chi connectivity index (χ4v) is 4.25. The molecule has 3 amide bonds. The summed E-state index contributed by atoms with van der Waals surface area (Å²) >= 11 is 6.43. The molecular formula is C27H23ClN6O4. The van der Waals surface area contributed by atoms with Gasteiger partial charge in [0.05, 0.1) is 16.9 Å². The highest BCUT2D eigenvalue weighted by atomic mass is 35.5. The van der Waals surface area contributed by atoms with Crippen LogP contribution in [0.15, 0.2) is 66.9 Å². The van der Waals surface area contributed by atoms with Crippen LogP contribution in [0.4, 0.5) is 17.2 Å². The van der Waals surface area contributed by atoms with Crippen LogP contribution >= 0.6 is 11.6 Å². The van der Waals surface area contributed by atoms with E-state index in [0.29, 0.717) is 41.4 Å². The van der Waals surface area contributed by atoms with Crippen LogP contribution in [0.5, 0.6) is 11.6 Å². The third kappa shape index (κ3) is 4.90. The smallest absolute Gasteiger partial charge is 0.240 e. The lowest BCUT2D eigenvalue weighted by Crippen LogP contribution is -2.35. The molecule has 38 heavy (non-hydrogen) atoms. The minimum absolute atomic E-state index is 0.0314. The SMILES string of the molecule is O=C(Nc1cn2nc(Oc3ccc(NC(=O)C4(C(=O)Nc5ccccc5)CC4)c(Cl)c3)ccc2n1)C1CC1. The number of rotatable bonds is 8. The summed E-state index contributed by atoms with van der Waals surface area (Å²) in [5, 5.41) is 13.0. The van der Waals surface area contributed by atoms with Gasteiger partial charge >= 0.3 is 0 Å². The van der Waals surface area contributed by atoms with E-state index in [0.717, 1.165) is 12.8 Å². The molecule has 2 aromatic heterocycles. The number of carbonyl (C=O) groups excluding carboxylic acids is 3. The van der Waals surface area contributed by atoms with Crippen LogP contribution in [-0.2, 0) is 14.4 Å². The van der Waals surface area contributed by atoms with Gasteiger partial charge in [0.2, 0.25) is 23.6 Å². The van der Waals surface area contributed by atoms with Gasteiger partial charge in [-0.2, -0.15) is 0 Å². The summed E-state index contributed by atoms with van der Waals surface area (Å²) in [6, 6.07) is 17.2. The highest BCUT2D eigenvalue weighted by Crippen LogP contribution is 2.48. The van der Waals surface area contributed by atoms with Crippen molar-refractivity contribution in [2.24, 2.45) is 11.3 Å². The first-order chi connectivity index (χ1) is 18.4. The number of hydrogen-bond acceptors (Lipinski definition) is 6. The molecule has 2 aromatic carbocycles. The van der Waals surface area contributed by atoms with E-state index < -0.39 is 11.3 Å². The van der Waals surface area contributed by atoms with E-state index in [1.54, 1.807) is 48.7 Å². The zero-order valence-electron chi connectivity index (χ0n) is 20.1. The van der Waals surface area contributed by atoms with Crippen molar-refractivity contribution in [3.8, 4) is 11.6 Å². The number of nitrogens with one attached hydrogen (secondary N) is 3. The molecule has 0 aliphatic heterocycles. The molecule has 0 atom stereocenters. The number of nitrogens with zero attached hydrogens (tertiary/aromatic N) is 3. The van der Waals surface area contributed by atoms with E-state index in [2.05, 4.69) is 26.0 Å². The van der Waals surface area contributed by atoms with Gasteiger partial charge in [-0.25, -0.2) is 9.50 Å². The van der Waals surface area contributed by atoms with Gasteiger partial charge in [0.1, 0.15) is 11.2 Å². The van der Waals surface area contributed by atoms with Crippen molar-refractivity contribution in [1.29, 1.82) is 0 Å². The number of benzene rings is 2. The molecule has 2 heterocycles. The van der Waals surface area contributed by atoms with Crippen LogP contribution in [0.3, 0.4) is 0 Å². The van der Waals surface area contributed by atoms with Crippen LogP contribution in [0.1, 0.15) is 25.7 Å².